The van der Waals surface area contributed by atoms with Gasteiger partial charge in [0.2, 0.25) is 47.1 Å². The summed E-state index contributed by atoms with van der Waals surface area (Å²) in [5.74, 6) is 3.62. The lowest BCUT2D eigenvalue weighted by molar-refractivity contribution is -0.384. The quantitative estimate of drug-likeness (QED) is 0.0153. The Morgan fingerprint density at radius 3 is 1.12 bits per heavy atom. The Bertz CT molecular complexity index is 4450. The summed E-state index contributed by atoms with van der Waals surface area (Å²) in [7, 11) is 1.57. The molecule has 0 bridgehead atoms. The molecule has 112 heavy (non-hydrogen) atoms. The minimum atomic E-state index is -4.59. The molecule has 4 aliphatic rings. The zero-order valence-electron chi connectivity index (χ0n) is 61.4. The molecule has 0 unspecified atom stereocenters. The van der Waals surface area contributed by atoms with E-state index in [-0.39, 0.29) is 118 Å². The second-order valence-electron chi connectivity index (χ2n) is 27.4. The lowest BCUT2D eigenvalue weighted by Crippen LogP contribution is -2.29. The van der Waals surface area contributed by atoms with E-state index in [1.54, 1.807) is 56.0 Å². The van der Waals surface area contributed by atoms with Gasteiger partial charge in [0.25, 0.3) is 5.56 Å². The minimum absolute atomic E-state index is 0.0225. The van der Waals surface area contributed by atoms with Gasteiger partial charge in [0.1, 0.15) is 41.9 Å². The predicted octanol–water partition coefficient (Wildman–Crippen LogP) is 10.3. The molecule has 4 aliphatic carbocycles. The number of aromatic amines is 1. The van der Waals surface area contributed by atoms with Crippen LogP contribution in [0.3, 0.4) is 0 Å². The highest BCUT2D eigenvalue weighted by Gasteiger charge is 2.35. The van der Waals surface area contributed by atoms with Crippen LogP contribution in [0.5, 0.6) is 5.75 Å². The number of hydrogen-bond donors (Lipinski definition) is 13. The van der Waals surface area contributed by atoms with Crippen LogP contribution in [0.1, 0.15) is 131 Å². The third kappa shape index (κ3) is 26.3. The van der Waals surface area contributed by atoms with Crippen molar-refractivity contribution in [1.29, 1.82) is 0 Å². The Labute approximate surface area is 645 Å². The lowest BCUT2D eigenvalue weighted by Gasteiger charge is -2.26. The number of ether oxygens (including phenoxy) is 1. The van der Waals surface area contributed by atoms with Gasteiger partial charge in [-0.25, -0.2) is 19.9 Å². The fourth-order valence-electron chi connectivity index (χ4n) is 12.8. The molecule has 0 amide bonds. The summed E-state index contributed by atoms with van der Waals surface area (Å²) < 4.78 is 44.5. The zero-order valence-corrected chi connectivity index (χ0v) is 62.2. The number of pyridine rings is 4. The number of alkyl halides is 3. The average Bonchev–Trinajstić information content (AvgIpc) is 0.907. The van der Waals surface area contributed by atoms with Gasteiger partial charge in [-0.15, -0.1) is 0 Å². The van der Waals surface area contributed by atoms with E-state index in [2.05, 4.69) is 102 Å². The van der Waals surface area contributed by atoms with Gasteiger partial charge in [0.05, 0.1) is 50.6 Å². The molecule has 8 aromatic heterocycles. The normalized spacial score (nSPS) is 19.3. The van der Waals surface area contributed by atoms with E-state index >= 15 is 0 Å². The molecule has 600 valence electrons. The number of nitrogens with one attached hydrogen (secondary N) is 9. The standard InChI is InChI=1S/C18H22F3N7O2.C18H25N7O3.C17H22ClN7O2.C17H23N7O3/c19-18(20,21)15-12(2-1-7-23-15)9-25-17-26-10-14(28(29)30)16(27-17)24-8-11-3-5-13(22)6-4-11;1-28-16-3-2-8-20-14(16)10-22-18-23-11-15(25(26)27)17(24-18)21-9-12-4-6-13(19)7-5-12;18-13-2-1-7-20-14(13)9-22-17-23-10-15(25(26)27)16(24-17)21-8-11-3-5-12(19)6-4-11;18-13-5-3-11(4-6-13)8-20-15-14(24(26)27)10-22-17(23-15)21-9-12-2-1-7-19-16(12)25/h1-2,7,10-11,13H,3-6,8-9,22H2,(H2,24,25,26,27);2-3,8,11-13H,4-7,9-10,19H2,1H3,(H2,21,22,23,24);1-2,7,10-12H,3-6,8-9,19H2,(H2,21,22,23,24);1-2,7,10-11,13H,3-6,8-9,18H2,(H,19,25)(H2,20,21,22,23). The molecular weight excluding hydrogens is 1490 g/mol. The second kappa shape index (κ2) is 42.0. The maximum Gasteiger partial charge on any atom is 0.433 e. The highest BCUT2D eigenvalue weighted by Crippen LogP contribution is 2.34. The molecule has 0 aromatic carbocycles. The van der Waals surface area contributed by atoms with E-state index < -0.39 is 31.6 Å². The van der Waals surface area contributed by atoms with Crippen molar-refractivity contribution >= 4 is 81.4 Å². The van der Waals surface area contributed by atoms with Gasteiger partial charge < -0.3 is 75.2 Å². The first-order valence-corrected chi connectivity index (χ1v) is 37.0. The second-order valence-corrected chi connectivity index (χ2v) is 27.8. The number of hydrogen-bond acceptors (Lipinski definition) is 33. The predicted molar refractivity (Wildman–Crippen MR) is 414 cm³/mol. The van der Waals surface area contributed by atoms with Crippen molar-refractivity contribution in [3.05, 3.63) is 182 Å². The number of H-pyrrole nitrogens is 1. The molecule has 0 spiro atoms. The number of anilines is 8. The Morgan fingerprint density at radius 1 is 0.446 bits per heavy atom. The van der Waals surface area contributed by atoms with Crippen LogP contribution < -0.4 is 75.8 Å². The fraction of sp³-hybridized carbons (Fsp3) is 0.486. The van der Waals surface area contributed by atoms with E-state index in [0.717, 1.165) is 115 Å². The van der Waals surface area contributed by atoms with Crippen LogP contribution >= 0.6 is 11.6 Å². The summed E-state index contributed by atoms with van der Waals surface area (Å²) in [6.45, 7) is 2.97. The molecule has 4 saturated carbocycles. The molecule has 0 saturated heterocycles. The number of halogens is 4. The summed E-state index contributed by atoms with van der Waals surface area (Å²) in [5.41, 5.74) is 23.5. The Kier molecular flexibility index (Phi) is 31.7. The third-order valence-corrected chi connectivity index (χ3v) is 19.7. The smallest absolute Gasteiger partial charge is 0.433 e. The van der Waals surface area contributed by atoms with E-state index in [4.69, 9.17) is 39.3 Å². The zero-order chi connectivity index (χ0) is 80.1. The Morgan fingerprint density at radius 2 is 0.768 bits per heavy atom. The van der Waals surface area contributed by atoms with Gasteiger partial charge in [-0.05, 0) is 163 Å². The molecule has 0 atom stereocenters. The number of nitrogens with zero attached hydrogens (tertiary/aromatic N) is 15. The number of nitrogens with two attached hydrogens (primary N) is 4. The van der Waals surface area contributed by atoms with Gasteiger partial charge in [-0.2, -0.15) is 33.1 Å². The molecule has 4 fully saturated rings. The van der Waals surface area contributed by atoms with Crippen LogP contribution in [0.2, 0.25) is 5.02 Å². The van der Waals surface area contributed by atoms with Gasteiger partial charge in [-0.3, -0.25) is 60.2 Å². The highest BCUT2D eigenvalue weighted by molar-refractivity contribution is 6.31. The molecule has 42 heteroatoms. The number of methoxy groups -OCH3 is 1. The van der Waals surface area contributed by atoms with Crippen molar-refractivity contribution in [3.63, 3.8) is 0 Å². The molecule has 8 aromatic rings. The summed E-state index contributed by atoms with van der Waals surface area (Å²) in [5, 5.41) is 69.6. The SMILES string of the molecule is COc1cccnc1CNc1ncc([N+](=O)[O-])c(NCC2CCC(N)CC2)n1.NC1CCC(CNc2nc(NCc3ccc[nH]c3=O)ncc2[N+](=O)[O-])CC1.NC1CCC(CNc2nc(NCc3cccnc3C(F)(F)F)ncc2[N+](=O)[O-])CC1.NC1CCC(CNc2nc(NCc3ncccc3Cl)ncc2[N+](=O)[O-])CC1. The van der Waals surface area contributed by atoms with Gasteiger partial charge in [-0.1, -0.05) is 23.7 Å². The fourth-order valence-corrected chi connectivity index (χ4v) is 13.0. The summed E-state index contributed by atoms with van der Waals surface area (Å²) in [4.78, 5) is 102. The van der Waals surface area contributed by atoms with Gasteiger partial charge in [0, 0.05) is 99.4 Å². The van der Waals surface area contributed by atoms with Crippen molar-refractivity contribution in [3.8, 4) is 5.75 Å². The van der Waals surface area contributed by atoms with Gasteiger partial charge in [0.15, 0.2) is 0 Å². The topological polar surface area (TPSA) is 557 Å². The first-order chi connectivity index (χ1) is 53.8. The Balaban J connectivity index is 0.000000172. The average molecular weight is 1580 g/mol. The molecule has 17 N–H and O–H groups in total. The van der Waals surface area contributed by atoms with Crippen LogP contribution in [-0.2, 0) is 32.4 Å². The lowest BCUT2D eigenvalue weighted by atomic mass is 9.86. The molecule has 8 heterocycles. The Hall–Kier alpha value is -11.6. The van der Waals surface area contributed by atoms with Crippen molar-refractivity contribution < 1.29 is 37.6 Å². The molecular formula is C70H92ClF3N28O10. The summed E-state index contributed by atoms with van der Waals surface area (Å²) in [6, 6.07) is 14.2. The van der Waals surface area contributed by atoms with Crippen LogP contribution in [0.25, 0.3) is 0 Å². The van der Waals surface area contributed by atoms with Crippen molar-refractivity contribution in [2.45, 2.75) is 159 Å². The molecule has 12 rings (SSSR count). The van der Waals surface area contributed by atoms with Gasteiger partial charge >= 0.3 is 28.9 Å². The van der Waals surface area contributed by atoms with Crippen molar-refractivity contribution in [2.75, 3.05) is 75.8 Å². The first kappa shape index (κ1) is 84.5. The van der Waals surface area contributed by atoms with E-state index in [1.807, 2.05) is 6.07 Å². The summed E-state index contributed by atoms with van der Waals surface area (Å²) >= 11 is 6.08. The van der Waals surface area contributed by atoms with Crippen LogP contribution in [0.15, 0.2) is 103 Å². The van der Waals surface area contributed by atoms with Crippen LogP contribution in [0, 0.1) is 64.1 Å². The van der Waals surface area contributed by atoms with Crippen LogP contribution in [-0.4, -0.2) is 137 Å². The third-order valence-electron chi connectivity index (χ3n) is 19.3. The maximum atomic E-state index is 13.1. The molecule has 0 aliphatic heterocycles. The molecule has 0 radical (unpaired) electrons. The van der Waals surface area contributed by atoms with Crippen molar-refractivity contribution in [1.82, 2.24) is 59.8 Å². The van der Waals surface area contributed by atoms with E-state index in [9.17, 15) is 58.4 Å². The maximum absolute atomic E-state index is 13.1. The van der Waals surface area contributed by atoms with Crippen LogP contribution in [0.4, 0.5) is 83.0 Å². The van der Waals surface area contributed by atoms with E-state index in [0.29, 0.717) is 90.7 Å². The van der Waals surface area contributed by atoms with Crippen molar-refractivity contribution in [2.24, 2.45) is 46.6 Å². The number of rotatable bonds is 29. The minimum Gasteiger partial charge on any atom is -0.495 e. The highest BCUT2D eigenvalue weighted by atomic mass is 35.5. The first-order valence-electron chi connectivity index (χ1n) is 36.6. The number of aromatic nitrogens is 12. The van der Waals surface area contributed by atoms with E-state index in [1.165, 1.54) is 30.7 Å². The largest absolute Gasteiger partial charge is 0.495 e. The molecule has 38 nitrogen and oxygen atoms in total. The monoisotopic (exact) mass is 1580 g/mol. The number of nitro groups is 4. The summed E-state index contributed by atoms with van der Waals surface area (Å²) in [6.07, 6.45) is 21.5.